The highest BCUT2D eigenvalue weighted by atomic mass is 15.2. The lowest BCUT2D eigenvalue weighted by Crippen LogP contribution is -2.51. The minimum absolute atomic E-state index is 0.731. The second kappa shape index (κ2) is 6.72. The average Bonchev–Trinajstić information content (AvgIpc) is 2.83. The largest absolute Gasteiger partial charge is 0.313 e. The van der Waals surface area contributed by atoms with Crippen molar-refractivity contribution >= 4 is 0 Å². The van der Waals surface area contributed by atoms with E-state index in [1.165, 1.54) is 58.4 Å². The monoisotopic (exact) mass is 239 g/mol. The highest BCUT2D eigenvalue weighted by molar-refractivity contribution is 4.83. The molecule has 2 saturated heterocycles. The number of likely N-dealkylation sites (N-methyl/N-ethyl adjacent to an activating group) is 1. The van der Waals surface area contributed by atoms with Crippen molar-refractivity contribution in [2.24, 2.45) is 0 Å². The van der Waals surface area contributed by atoms with Crippen LogP contribution in [0.15, 0.2) is 0 Å². The van der Waals surface area contributed by atoms with Crippen LogP contribution in [0.3, 0.4) is 0 Å². The summed E-state index contributed by atoms with van der Waals surface area (Å²) in [5.74, 6) is 0. The first kappa shape index (κ1) is 13.3. The van der Waals surface area contributed by atoms with Gasteiger partial charge in [-0.05, 0) is 58.8 Å². The maximum Gasteiger partial charge on any atom is 0.0195 e. The fraction of sp³-hybridized carbons (Fsp3) is 1.00. The van der Waals surface area contributed by atoms with E-state index in [-0.39, 0.29) is 0 Å². The molecule has 2 atom stereocenters. The number of likely N-dealkylation sites (tertiary alicyclic amines) is 2. The van der Waals surface area contributed by atoms with Crippen molar-refractivity contribution < 1.29 is 0 Å². The van der Waals surface area contributed by atoms with Gasteiger partial charge in [0.2, 0.25) is 0 Å². The molecule has 0 bridgehead atoms. The summed E-state index contributed by atoms with van der Waals surface area (Å²) in [4.78, 5) is 5.33. The maximum absolute atomic E-state index is 3.61. The Bertz CT molecular complexity index is 212. The van der Waals surface area contributed by atoms with Crippen LogP contribution < -0.4 is 5.32 Å². The highest BCUT2D eigenvalue weighted by Gasteiger charge is 2.24. The van der Waals surface area contributed by atoms with Gasteiger partial charge in [0, 0.05) is 25.2 Å². The van der Waals surface area contributed by atoms with Crippen molar-refractivity contribution in [1.82, 2.24) is 15.1 Å². The second-order valence-corrected chi connectivity index (χ2v) is 5.75. The Morgan fingerprint density at radius 3 is 2.65 bits per heavy atom. The molecule has 2 aliphatic rings. The minimum atomic E-state index is 0.731. The van der Waals surface area contributed by atoms with Crippen LogP contribution in [-0.2, 0) is 0 Å². The van der Waals surface area contributed by atoms with E-state index >= 15 is 0 Å². The molecule has 0 aromatic rings. The Morgan fingerprint density at radius 1 is 1.18 bits per heavy atom. The lowest BCUT2D eigenvalue weighted by Gasteiger charge is -2.38. The van der Waals surface area contributed by atoms with Gasteiger partial charge in [0.05, 0.1) is 0 Å². The van der Waals surface area contributed by atoms with Crippen molar-refractivity contribution in [2.45, 2.75) is 51.6 Å². The van der Waals surface area contributed by atoms with E-state index in [9.17, 15) is 0 Å². The summed E-state index contributed by atoms with van der Waals surface area (Å²) < 4.78 is 0. The normalized spacial score (nSPS) is 29.6. The van der Waals surface area contributed by atoms with Gasteiger partial charge in [-0.2, -0.15) is 0 Å². The van der Waals surface area contributed by atoms with Crippen molar-refractivity contribution in [3.63, 3.8) is 0 Å². The molecular formula is C14H29N3. The first-order valence-corrected chi connectivity index (χ1v) is 7.49. The van der Waals surface area contributed by atoms with Crippen LogP contribution in [0, 0.1) is 0 Å². The zero-order valence-electron chi connectivity index (χ0n) is 11.6. The summed E-state index contributed by atoms with van der Waals surface area (Å²) in [7, 11) is 0. The number of rotatable bonds is 5. The Morgan fingerprint density at radius 2 is 1.94 bits per heavy atom. The third kappa shape index (κ3) is 3.94. The van der Waals surface area contributed by atoms with E-state index in [4.69, 9.17) is 0 Å². The number of hydrogen-bond donors (Lipinski definition) is 1. The summed E-state index contributed by atoms with van der Waals surface area (Å²) in [5.41, 5.74) is 0. The van der Waals surface area contributed by atoms with Crippen LogP contribution in [-0.4, -0.2) is 61.2 Å². The maximum atomic E-state index is 3.61. The van der Waals surface area contributed by atoms with Crippen LogP contribution in [0.1, 0.15) is 39.5 Å². The van der Waals surface area contributed by atoms with Gasteiger partial charge in [0.25, 0.3) is 0 Å². The first-order valence-electron chi connectivity index (χ1n) is 7.49. The molecule has 3 nitrogen and oxygen atoms in total. The Labute approximate surface area is 107 Å². The molecule has 2 unspecified atom stereocenters. The topological polar surface area (TPSA) is 18.5 Å². The standard InChI is InChI=1S/C14H29N3/c1-3-15-14-7-6-10-17(12-14)13(2)11-16-8-4-5-9-16/h13-15H,3-12H2,1-2H3. The summed E-state index contributed by atoms with van der Waals surface area (Å²) in [5, 5.41) is 3.61. The van der Waals surface area contributed by atoms with E-state index in [0.717, 1.165) is 18.6 Å². The molecule has 0 spiro atoms. The van der Waals surface area contributed by atoms with Gasteiger partial charge in [-0.3, -0.25) is 4.90 Å². The smallest absolute Gasteiger partial charge is 0.0195 e. The van der Waals surface area contributed by atoms with Crippen LogP contribution in [0.5, 0.6) is 0 Å². The molecule has 0 saturated carbocycles. The number of hydrogen-bond acceptors (Lipinski definition) is 3. The van der Waals surface area contributed by atoms with E-state index in [1.807, 2.05) is 0 Å². The average molecular weight is 239 g/mol. The molecule has 2 rings (SSSR count). The van der Waals surface area contributed by atoms with Gasteiger partial charge in [0.1, 0.15) is 0 Å². The van der Waals surface area contributed by atoms with Crippen LogP contribution in [0.25, 0.3) is 0 Å². The first-order chi connectivity index (χ1) is 8.29. The molecular weight excluding hydrogens is 210 g/mol. The van der Waals surface area contributed by atoms with E-state index in [2.05, 4.69) is 29.0 Å². The molecule has 2 heterocycles. The Kier molecular flexibility index (Phi) is 5.26. The molecule has 0 amide bonds. The summed E-state index contributed by atoms with van der Waals surface area (Å²) >= 11 is 0. The Balaban J connectivity index is 1.75. The molecule has 2 aliphatic heterocycles. The molecule has 0 aromatic carbocycles. The zero-order valence-corrected chi connectivity index (χ0v) is 11.6. The SMILES string of the molecule is CCNC1CCCN(C(C)CN2CCCC2)C1. The van der Waals surface area contributed by atoms with Crippen LogP contribution >= 0.6 is 0 Å². The van der Waals surface area contributed by atoms with Gasteiger partial charge in [-0.1, -0.05) is 6.92 Å². The van der Waals surface area contributed by atoms with E-state index < -0.39 is 0 Å². The van der Waals surface area contributed by atoms with Gasteiger partial charge >= 0.3 is 0 Å². The molecule has 2 fully saturated rings. The highest BCUT2D eigenvalue weighted by Crippen LogP contribution is 2.15. The van der Waals surface area contributed by atoms with Crippen molar-refractivity contribution in [1.29, 1.82) is 0 Å². The molecule has 100 valence electrons. The van der Waals surface area contributed by atoms with Crippen LogP contribution in [0.4, 0.5) is 0 Å². The molecule has 1 N–H and O–H groups in total. The summed E-state index contributed by atoms with van der Waals surface area (Å²) in [6.45, 7) is 12.2. The fourth-order valence-corrected chi connectivity index (χ4v) is 3.32. The Hall–Kier alpha value is -0.120. The quantitative estimate of drug-likeness (QED) is 0.785. The van der Waals surface area contributed by atoms with Crippen molar-refractivity contribution in [2.75, 3.05) is 39.3 Å². The van der Waals surface area contributed by atoms with Crippen molar-refractivity contribution in [3.8, 4) is 0 Å². The molecule has 17 heavy (non-hydrogen) atoms. The summed E-state index contributed by atoms with van der Waals surface area (Å²) in [6, 6.07) is 1.46. The predicted octanol–water partition coefficient (Wildman–Crippen LogP) is 1.54. The zero-order chi connectivity index (χ0) is 12.1. The van der Waals surface area contributed by atoms with Gasteiger partial charge in [0.15, 0.2) is 0 Å². The molecule has 0 radical (unpaired) electrons. The predicted molar refractivity (Wildman–Crippen MR) is 73.4 cm³/mol. The van der Waals surface area contributed by atoms with Gasteiger partial charge < -0.3 is 10.2 Å². The number of piperidine rings is 1. The van der Waals surface area contributed by atoms with Crippen molar-refractivity contribution in [3.05, 3.63) is 0 Å². The lowest BCUT2D eigenvalue weighted by atomic mass is 10.0. The lowest BCUT2D eigenvalue weighted by molar-refractivity contribution is 0.119. The van der Waals surface area contributed by atoms with Gasteiger partial charge in [-0.25, -0.2) is 0 Å². The van der Waals surface area contributed by atoms with E-state index in [1.54, 1.807) is 0 Å². The van der Waals surface area contributed by atoms with Crippen LogP contribution in [0.2, 0.25) is 0 Å². The molecule has 3 heteroatoms. The number of nitrogens with one attached hydrogen (secondary N) is 1. The minimum Gasteiger partial charge on any atom is -0.313 e. The third-order valence-electron chi connectivity index (χ3n) is 4.29. The second-order valence-electron chi connectivity index (χ2n) is 5.75. The third-order valence-corrected chi connectivity index (χ3v) is 4.29. The van der Waals surface area contributed by atoms with E-state index in [0.29, 0.717) is 0 Å². The summed E-state index contributed by atoms with van der Waals surface area (Å²) in [6.07, 6.45) is 5.54. The molecule has 0 aliphatic carbocycles. The fourth-order valence-electron chi connectivity index (χ4n) is 3.32. The number of nitrogens with zero attached hydrogens (tertiary/aromatic N) is 2. The molecule has 0 aromatic heterocycles. The van der Waals surface area contributed by atoms with Gasteiger partial charge in [-0.15, -0.1) is 0 Å².